The number of hydrogen-bond donors (Lipinski definition) is 0. The molecule has 4 rings (SSSR count). The molecule has 0 N–H and O–H groups in total. The van der Waals surface area contributed by atoms with Crippen molar-refractivity contribution in [1.82, 2.24) is 4.98 Å². The van der Waals surface area contributed by atoms with E-state index in [9.17, 15) is 10.1 Å². The van der Waals surface area contributed by atoms with Gasteiger partial charge in [-0.2, -0.15) is 0 Å². The van der Waals surface area contributed by atoms with E-state index in [0.717, 1.165) is 0 Å². The molecule has 0 spiro atoms. The Hall–Kier alpha value is -3.48. The molecule has 30 heavy (non-hydrogen) atoms. The fourth-order valence-electron chi connectivity index (χ4n) is 2.80. The number of nitro groups is 1. The van der Waals surface area contributed by atoms with Crippen LogP contribution in [-0.2, 0) is 0 Å². The Morgan fingerprint density at radius 1 is 1.07 bits per heavy atom. The lowest BCUT2D eigenvalue weighted by Crippen LogP contribution is -1.87. The topological polar surface area (TPSA) is 81.5 Å². The van der Waals surface area contributed by atoms with Crippen LogP contribution in [0.3, 0.4) is 0 Å². The second kappa shape index (κ2) is 8.49. The molecule has 1 heterocycles. The van der Waals surface area contributed by atoms with Gasteiger partial charge in [-0.3, -0.25) is 15.1 Å². The van der Waals surface area contributed by atoms with Gasteiger partial charge in [-0.25, -0.2) is 4.98 Å². The fourth-order valence-corrected chi connectivity index (χ4v) is 3.17. The molecule has 0 fully saturated rings. The summed E-state index contributed by atoms with van der Waals surface area (Å²) in [6.07, 6.45) is 5.06. The van der Waals surface area contributed by atoms with Crippen LogP contribution in [0.25, 0.3) is 28.6 Å². The first-order valence-corrected chi connectivity index (χ1v) is 9.56. The summed E-state index contributed by atoms with van der Waals surface area (Å²) in [4.78, 5) is 19.3. The molecular formula is C22H13Cl2N3O3. The third-order valence-electron chi connectivity index (χ3n) is 4.21. The van der Waals surface area contributed by atoms with Crippen LogP contribution in [0.15, 0.2) is 76.1 Å². The highest BCUT2D eigenvalue weighted by molar-refractivity contribution is 6.35. The molecular weight excluding hydrogens is 425 g/mol. The van der Waals surface area contributed by atoms with Crippen LogP contribution >= 0.6 is 23.2 Å². The van der Waals surface area contributed by atoms with Crippen molar-refractivity contribution in [3.8, 4) is 11.5 Å². The Morgan fingerprint density at radius 2 is 1.93 bits per heavy atom. The van der Waals surface area contributed by atoms with E-state index in [2.05, 4.69) is 9.98 Å². The predicted octanol–water partition coefficient (Wildman–Crippen LogP) is 7.13. The number of nitro benzene ring substituents is 1. The van der Waals surface area contributed by atoms with Gasteiger partial charge in [-0.05, 0) is 48.0 Å². The Bertz CT molecular complexity index is 1310. The number of hydrogen-bond acceptors (Lipinski definition) is 5. The monoisotopic (exact) mass is 437 g/mol. The van der Waals surface area contributed by atoms with Gasteiger partial charge < -0.3 is 4.42 Å². The number of aliphatic imine (C=N–C) groups is 1. The van der Waals surface area contributed by atoms with Crippen molar-refractivity contribution in [2.24, 2.45) is 4.99 Å². The molecule has 4 aromatic rings. The molecule has 0 amide bonds. The van der Waals surface area contributed by atoms with Crippen LogP contribution in [0.2, 0.25) is 10.0 Å². The standard InChI is InChI=1S/C22H13Cl2N3O3/c23-15-6-8-19(24)18(12-15)22-26-20-13-16(7-9-21(20)30-22)25-10-2-4-14-3-1-5-17(11-14)27(28)29/h1-13H. The number of benzene rings is 3. The highest BCUT2D eigenvalue weighted by Gasteiger charge is 2.12. The van der Waals surface area contributed by atoms with Crippen molar-refractivity contribution in [1.29, 1.82) is 0 Å². The zero-order valence-electron chi connectivity index (χ0n) is 15.3. The third-order valence-corrected chi connectivity index (χ3v) is 4.77. The summed E-state index contributed by atoms with van der Waals surface area (Å²) in [6.45, 7) is 0. The van der Waals surface area contributed by atoms with Gasteiger partial charge in [0, 0.05) is 23.4 Å². The molecule has 0 aliphatic rings. The molecule has 0 bridgehead atoms. The van der Waals surface area contributed by atoms with Gasteiger partial charge in [-0.1, -0.05) is 41.4 Å². The number of oxazole rings is 1. The largest absolute Gasteiger partial charge is 0.436 e. The lowest BCUT2D eigenvalue weighted by molar-refractivity contribution is -0.384. The first-order valence-electron chi connectivity index (χ1n) is 8.81. The van der Waals surface area contributed by atoms with Gasteiger partial charge in [0.15, 0.2) is 5.58 Å². The number of halogens is 2. The minimum Gasteiger partial charge on any atom is -0.436 e. The van der Waals surface area contributed by atoms with Crippen molar-refractivity contribution in [2.45, 2.75) is 0 Å². The zero-order valence-corrected chi connectivity index (χ0v) is 16.8. The highest BCUT2D eigenvalue weighted by Crippen LogP contribution is 2.33. The van der Waals surface area contributed by atoms with Crippen molar-refractivity contribution >= 4 is 58.0 Å². The van der Waals surface area contributed by atoms with Gasteiger partial charge in [-0.15, -0.1) is 0 Å². The molecule has 3 aromatic carbocycles. The number of fused-ring (bicyclic) bond motifs is 1. The van der Waals surface area contributed by atoms with E-state index in [-0.39, 0.29) is 5.69 Å². The molecule has 0 saturated heterocycles. The molecule has 6 nitrogen and oxygen atoms in total. The maximum atomic E-state index is 10.8. The second-order valence-corrected chi connectivity index (χ2v) is 7.13. The summed E-state index contributed by atoms with van der Waals surface area (Å²) in [6, 6.07) is 16.8. The fraction of sp³-hybridized carbons (Fsp3) is 0. The molecule has 0 radical (unpaired) electrons. The molecule has 0 aliphatic carbocycles. The summed E-state index contributed by atoms with van der Waals surface area (Å²) in [7, 11) is 0. The van der Waals surface area contributed by atoms with Gasteiger partial charge in [0.1, 0.15) is 5.52 Å². The predicted molar refractivity (Wildman–Crippen MR) is 120 cm³/mol. The minimum atomic E-state index is -0.427. The van der Waals surface area contributed by atoms with Gasteiger partial charge >= 0.3 is 0 Å². The number of aromatic nitrogens is 1. The first kappa shape index (κ1) is 19.8. The maximum absolute atomic E-state index is 10.8. The summed E-state index contributed by atoms with van der Waals surface area (Å²) >= 11 is 12.3. The van der Waals surface area contributed by atoms with Gasteiger partial charge in [0.2, 0.25) is 5.89 Å². The normalized spacial score (nSPS) is 11.7. The zero-order chi connectivity index (χ0) is 21.1. The Kier molecular flexibility index (Phi) is 5.61. The lowest BCUT2D eigenvalue weighted by atomic mass is 10.2. The van der Waals surface area contributed by atoms with E-state index in [1.807, 2.05) is 0 Å². The molecule has 0 saturated carbocycles. The highest BCUT2D eigenvalue weighted by atomic mass is 35.5. The maximum Gasteiger partial charge on any atom is 0.270 e. The summed E-state index contributed by atoms with van der Waals surface area (Å²) in [5.74, 6) is 0.379. The molecule has 148 valence electrons. The Balaban J connectivity index is 1.54. The van der Waals surface area contributed by atoms with Crippen LogP contribution in [0.4, 0.5) is 11.4 Å². The number of rotatable bonds is 5. The van der Waals surface area contributed by atoms with Crippen LogP contribution < -0.4 is 0 Å². The number of non-ortho nitro benzene ring substituents is 1. The van der Waals surface area contributed by atoms with E-state index in [1.54, 1.807) is 66.9 Å². The number of allylic oxidation sites excluding steroid dienone is 1. The lowest BCUT2D eigenvalue weighted by Gasteiger charge is -1.99. The van der Waals surface area contributed by atoms with Crippen molar-refractivity contribution in [2.75, 3.05) is 0 Å². The minimum absolute atomic E-state index is 0.0428. The van der Waals surface area contributed by atoms with Crippen molar-refractivity contribution in [3.05, 3.63) is 92.5 Å². The average molecular weight is 438 g/mol. The van der Waals surface area contributed by atoms with Crippen LogP contribution in [0.5, 0.6) is 0 Å². The second-order valence-electron chi connectivity index (χ2n) is 6.28. The summed E-state index contributed by atoms with van der Waals surface area (Å²) < 4.78 is 5.78. The van der Waals surface area contributed by atoms with E-state index in [0.29, 0.717) is 43.9 Å². The SMILES string of the molecule is O=[N+]([O-])c1cccc(C=CC=Nc2ccc3oc(-c4cc(Cl)ccc4Cl)nc3c2)c1. The smallest absolute Gasteiger partial charge is 0.270 e. The van der Waals surface area contributed by atoms with E-state index in [4.69, 9.17) is 27.6 Å². The first-order chi connectivity index (χ1) is 14.5. The van der Waals surface area contributed by atoms with E-state index >= 15 is 0 Å². The van der Waals surface area contributed by atoms with Gasteiger partial charge in [0.25, 0.3) is 5.69 Å². The van der Waals surface area contributed by atoms with Gasteiger partial charge in [0.05, 0.1) is 21.2 Å². The third kappa shape index (κ3) is 4.40. The molecule has 0 unspecified atom stereocenters. The van der Waals surface area contributed by atoms with Crippen molar-refractivity contribution < 1.29 is 9.34 Å². The molecule has 8 heteroatoms. The Morgan fingerprint density at radius 3 is 2.77 bits per heavy atom. The molecule has 0 aliphatic heterocycles. The van der Waals surface area contributed by atoms with Crippen LogP contribution in [-0.4, -0.2) is 16.1 Å². The Labute approximate surface area is 181 Å². The number of nitrogens with zero attached hydrogens (tertiary/aromatic N) is 3. The van der Waals surface area contributed by atoms with E-state index in [1.165, 1.54) is 12.1 Å². The summed E-state index contributed by atoms with van der Waals surface area (Å²) in [5.41, 5.74) is 3.30. The van der Waals surface area contributed by atoms with Crippen LogP contribution in [0, 0.1) is 10.1 Å². The van der Waals surface area contributed by atoms with E-state index < -0.39 is 4.92 Å². The quantitative estimate of drug-likeness (QED) is 0.189. The summed E-state index contributed by atoms with van der Waals surface area (Å²) in [5, 5.41) is 11.9. The van der Waals surface area contributed by atoms with Crippen LogP contribution in [0.1, 0.15) is 5.56 Å². The molecule has 0 atom stereocenters. The average Bonchev–Trinajstić information content (AvgIpc) is 3.16. The van der Waals surface area contributed by atoms with Crippen molar-refractivity contribution in [3.63, 3.8) is 0 Å². The molecule has 1 aromatic heterocycles.